The maximum Gasteiger partial charge on any atom is 0.239 e. The molecule has 0 bridgehead atoms. The normalized spacial score (nSPS) is 12.1. The highest BCUT2D eigenvalue weighted by atomic mass is 16.5. The van der Waals surface area contributed by atoms with Crippen LogP contribution in [-0.4, -0.2) is 19.6 Å². The highest BCUT2D eigenvalue weighted by molar-refractivity contribution is 5.81. The molecule has 0 saturated heterocycles. The van der Waals surface area contributed by atoms with Crippen LogP contribution in [-0.2, 0) is 4.79 Å². The summed E-state index contributed by atoms with van der Waals surface area (Å²) in [5.74, 6) is 0.426. The van der Waals surface area contributed by atoms with E-state index >= 15 is 0 Å². The summed E-state index contributed by atoms with van der Waals surface area (Å²) in [7, 11) is 1.71. The van der Waals surface area contributed by atoms with E-state index < -0.39 is 6.04 Å². The zero-order valence-corrected chi connectivity index (χ0v) is 9.69. The lowest BCUT2D eigenvalue weighted by Crippen LogP contribution is -2.31. The Morgan fingerprint density at radius 1 is 1.44 bits per heavy atom. The Labute approximate surface area is 95.8 Å². The Morgan fingerprint density at radius 3 is 2.50 bits per heavy atom. The lowest BCUT2D eigenvalue weighted by Gasteiger charge is -2.13. The molecule has 1 atom stereocenters. The third-order valence-electron chi connectivity index (χ3n) is 2.26. The van der Waals surface area contributed by atoms with Gasteiger partial charge in [0.15, 0.2) is 0 Å². The number of hydrogen-bond acceptors (Lipinski definition) is 3. The van der Waals surface area contributed by atoms with Crippen LogP contribution in [0.2, 0.25) is 0 Å². The van der Waals surface area contributed by atoms with Gasteiger partial charge in [0.1, 0.15) is 11.8 Å². The van der Waals surface area contributed by atoms with Crippen LogP contribution in [0.1, 0.15) is 24.9 Å². The number of carbonyl (C=O) groups excluding carboxylic acids is 1. The van der Waals surface area contributed by atoms with Crippen molar-refractivity contribution in [2.24, 2.45) is 5.73 Å². The van der Waals surface area contributed by atoms with Gasteiger partial charge in [-0.05, 0) is 31.2 Å². The van der Waals surface area contributed by atoms with Crippen LogP contribution in [0.3, 0.4) is 0 Å². The standard InChI is InChI=1S/C12H18N2O2/c1-3-8-16-10-6-4-9(5-7-10)11(14-2)12(13)15/h4-7,11,14H,3,8H2,1-2H3,(H2,13,15). The van der Waals surface area contributed by atoms with Crippen molar-refractivity contribution in [1.82, 2.24) is 5.32 Å². The molecule has 1 rings (SSSR count). The van der Waals surface area contributed by atoms with Gasteiger partial charge in [-0.1, -0.05) is 19.1 Å². The Kier molecular flexibility index (Phi) is 4.79. The Balaban J connectivity index is 2.73. The third-order valence-corrected chi connectivity index (χ3v) is 2.26. The number of nitrogens with one attached hydrogen (secondary N) is 1. The molecule has 88 valence electrons. The second-order valence-electron chi connectivity index (χ2n) is 3.54. The van der Waals surface area contributed by atoms with E-state index in [9.17, 15) is 4.79 Å². The molecule has 0 aliphatic carbocycles. The Bertz CT molecular complexity index is 335. The van der Waals surface area contributed by atoms with Crippen molar-refractivity contribution in [3.8, 4) is 5.75 Å². The zero-order chi connectivity index (χ0) is 12.0. The van der Waals surface area contributed by atoms with E-state index in [1.165, 1.54) is 0 Å². The molecule has 0 radical (unpaired) electrons. The monoisotopic (exact) mass is 222 g/mol. The lowest BCUT2D eigenvalue weighted by atomic mass is 10.1. The molecule has 0 saturated carbocycles. The number of rotatable bonds is 6. The number of carbonyl (C=O) groups is 1. The van der Waals surface area contributed by atoms with Gasteiger partial charge in [0.2, 0.25) is 5.91 Å². The van der Waals surface area contributed by atoms with Gasteiger partial charge in [-0.25, -0.2) is 0 Å². The zero-order valence-electron chi connectivity index (χ0n) is 9.69. The van der Waals surface area contributed by atoms with Crippen LogP contribution in [0.25, 0.3) is 0 Å². The van der Waals surface area contributed by atoms with Crippen LogP contribution >= 0.6 is 0 Å². The minimum atomic E-state index is -0.444. The van der Waals surface area contributed by atoms with Gasteiger partial charge in [-0.2, -0.15) is 0 Å². The topological polar surface area (TPSA) is 64.3 Å². The number of benzene rings is 1. The molecule has 1 aromatic rings. The first-order chi connectivity index (χ1) is 7.69. The summed E-state index contributed by atoms with van der Waals surface area (Å²) in [4.78, 5) is 11.1. The fourth-order valence-electron chi connectivity index (χ4n) is 1.45. The van der Waals surface area contributed by atoms with Crippen LogP contribution < -0.4 is 15.8 Å². The van der Waals surface area contributed by atoms with E-state index in [2.05, 4.69) is 12.2 Å². The van der Waals surface area contributed by atoms with Gasteiger partial charge in [0.05, 0.1) is 6.61 Å². The van der Waals surface area contributed by atoms with Crippen molar-refractivity contribution in [2.45, 2.75) is 19.4 Å². The number of hydrogen-bond donors (Lipinski definition) is 2. The molecule has 0 fully saturated rings. The van der Waals surface area contributed by atoms with Crippen molar-refractivity contribution in [2.75, 3.05) is 13.7 Å². The minimum Gasteiger partial charge on any atom is -0.494 e. The third kappa shape index (κ3) is 3.24. The molecule has 4 nitrogen and oxygen atoms in total. The summed E-state index contributed by atoms with van der Waals surface area (Å²) in [6.07, 6.45) is 0.974. The smallest absolute Gasteiger partial charge is 0.239 e. The van der Waals surface area contributed by atoms with Gasteiger partial charge in [-0.3, -0.25) is 4.79 Å². The van der Waals surface area contributed by atoms with Crippen LogP contribution in [0.4, 0.5) is 0 Å². The number of likely N-dealkylation sites (N-methyl/N-ethyl adjacent to an activating group) is 1. The Hall–Kier alpha value is -1.55. The minimum absolute atomic E-state index is 0.385. The number of amides is 1. The van der Waals surface area contributed by atoms with E-state index in [-0.39, 0.29) is 5.91 Å². The number of nitrogens with two attached hydrogens (primary N) is 1. The lowest BCUT2D eigenvalue weighted by molar-refractivity contribution is -0.120. The van der Waals surface area contributed by atoms with Crippen LogP contribution in [0.15, 0.2) is 24.3 Å². The van der Waals surface area contributed by atoms with Crippen molar-refractivity contribution in [3.63, 3.8) is 0 Å². The van der Waals surface area contributed by atoms with Crippen LogP contribution in [0, 0.1) is 0 Å². The van der Waals surface area contributed by atoms with Gasteiger partial charge in [0, 0.05) is 0 Å². The summed E-state index contributed by atoms with van der Waals surface area (Å²) < 4.78 is 5.45. The highest BCUT2D eigenvalue weighted by Gasteiger charge is 2.14. The van der Waals surface area contributed by atoms with Crippen molar-refractivity contribution in [3.05, 3.63) is 29.8 Å². The molecule has 1 amide bonds. The fraction of sp³-hybridized carbons (Fsp3) is 0.417. The van der Waals surface area contributed by atoms with Gasteiger partial charge < -0.3 is 15.8 Å². The molecule has 3 N–H and O–H groups in total. The predicted molar refractivity (Wildman–Crippen MR) is 63.2 cm³/mol. The average Bonchev–Trinajstić information content (AvgIpc) is 2.28. The summed E-state index contributed by atoms with van der Waals surface area (Å²) in [5, 5.41) is 2.87. The fourth-order valence-corrected chi connectivity index (χ4v) is 1.45. The largest absolute Gasteiger partial charge is 0.494 e. The van der Waals surface area contributed by atoms with Crippen molar-refractivity contribution < 1.29 is 9.53 Å². The molecule has 0 heterocycles. The molecule has 0 aliphatic heterocycles. The number of primary amides is 1. The molecule has 4 heteroatoms. The predicted octanol–water partition coefficient (Wildman–Crippen LogP) is 1.22. The maximum absolute atomic E-state index is 11.1. The Morgan fingerprint density at radius 2 is 2.06 bits per heavy atom. The van der Waals surface area contributed by atoms with Gasteiger partial charge in [0.25, 0.3) is 0 Å². The van der Waals surface area contributed by atoms with E-state index in [4.69, 9.17) is 10.5 Å². The van der Waals surface area contributed by atoms with Gasteiger partial charge in [-0.15, -0.1) is 0 Å². The van der Waals surface area contributed by atoms with Crippen molar-refractivity contribution >= 4 is 5.91 Å². The molecule has 0 spiro atoms. The van der Waals surface area contributed by atoms with Crippen molar-refractivity contribution in [1.29, 1.82) is 0 Å². The molecular weight excluding hydrogens is 204 g/mol. The summed E-state index contributed by atoms with van der Waals surface area (Å²) in [6.45, 7) is 2.75. The van der Waals surface area contributed by atoms with Crippen LogP contribution in [0.5, 0.6) is 5.75 Å². The quantitative estimate of drug-likeness (QED) is 0.760. The first kappa shape index (κ1) is 12.5. The first-order valence-electron chi connectivity index (χ1n) is 5.38. The molecule has 1 aromatic carbocycles. The average molecular weight is 222 g/mol. The first-order valence-corrected chi connectivity index (χ1v) is 5.38. The summed E-state index contributed by atoms with van der Waals surface area (Å²) in [5.41, 5.74) is 6.11. The highest BCUT2D eigenvalue weighted by Crippen LogP contribution is 2.17. The molecule has 0 aromatic heterocycles. The second-order valence-corrected chi connectivity index (χ2v) is 3.54. The summed E-state index contributed by atoms with van der Waals surface area (Å²) in [6, 6.07) is 6.94. The summed E-state index contributed by atoms with van der Waals surface area (Å²) >= 11 is 0. The van der Waals surface area contributed by atoms with Gasteiger partial charge >= 0.3 is 0 Å². The molecule has 1 unspecified atom stereocenters. The van der Waals surface area contributed by atoms with E-state index in [1.807, 2.05) is 24.3 Å². The molecule has 16 heavy (non-hydrogen) atoms. The molecule has 0 aliphatic rings. The SMILES string of the molecule is CCCOc1ccc(C(NC)C(N)=O)cc1. The second kappa shape index (κ2) is 6.12. The van der Waals surface area contributed by atoms with E-state index in [0.29, 0.717) is 6.61 Å². The molecular formula is C12H18N2O2. The van der Waals surface area contributed by atoms with E-state index in [0.717, 1.165) is 17.7 Å². The van der Waals surface area contributed by atoms with E-state index in [1.54, 1.807) is 7.05 Å². The maximum atomic E-state index is 11.1. The number of ether oxygens (including phenoxy) is 1.